The van der Waals surface area contributed by atoms with Crippen molar-refractivity contribution in [1.29, 1.82) is 0 Å². The molecular weight excluding hydrogens is 336 g/mol. The van der Waals surface area contributed by atoms with Crippen LogP contribution in [0.4, 0.5) is 0 Å². The van der Waals surface area contributed by atoms with Gasteiger partial charge in [0.2, 0.25) is 0 Å². The Morgan fingerprint density at radius 3 is 1.42 bits per heavy atom. The Labute approximate surface area is 153 Å². The van der Waals surface area contributed by atoms with E-state index in [1.807, 2.05) is 39.8 Å². The Hall–Kier alpha value is -2.64. The fraction of sp³-hybridized carbons (Fsp3) is 0.556. The molecule has 2 heterocycles. The van der Waals surface area contributed by atoms with E-state index in [4.69, 9.17) is 9.47 Å². The third-order valence-corrected chi connectivity index (χ3v) is 3.97. The number of hydrogen-bond acceptors (Lipinski definition) is 6. The first-order valence-corrected chi connectivity index (χ1v) is 8.68. The van der Waals surface area contributed by atoms with Gasteiger partial charge in [0.25, 0.3) is 0 Å². The summed E-state index contributed by atoms with van der Waals surface area (Å²) < 4.78 is 13.5. The summed E-state index contributed by atoms with van der Waals surface area (Å²) in [5, 5.41) is 8.81. The van der Waals surface area contributed by atoms with Gasteiger partial charge in [-0.3, -0.25) is 9.36 Å². The van der Waals surface area contributed by atoms with E-state index in [-0.39, 0.29) is 13.2 Å². The monoisotopic (exact) mass is 362 g/mol. The molecule has 2 unspecified atom stereocenters. The van der Waals surface area contributed by atoms with Crippen molar-refractivity contribution in [2.45, 2.75) is 53.6 Å². The van der Waals surface area contributed by atoms with E-state index in [1.165, 1.54) is 9.36 Å². The summed E-state index contributed by atoms with van der Waals surface area (Å²) in [7, 11) is 0. The van der Waals surface area contributed by atoms with Crippen LogP contribution in [0.5, 0.6) is 0 Å². The van der Waals surface area contributed by atoms with Crippen molar-refractivity contribution in [1.82, 2.24) is 19.6 Å². The van der Waals surface area contributed by atoms with Gasteiger partial charge >= 0.3 is 11.9 Å². The smallest absolute Gasteiger partial charge is 0.333 e. The fourth-order valence-electron chi connectivity index (χ4n) is 3.04. The van der Waals surface area contributed by atoms with E-state index in [0.717, 1.165) is 22.8 Å². The first kappa shape index (κ1) is 19.7. The summed E-state index contributed by atoms with van der Waals surface area (Å²) >= 11 is 0. The van der Waals surface area contributed by atoms with Gasteiger partial charge in [-0.25, -0.2) is 9.59 Å². The van der Waals surface area contributed by atoms with Gasteiger partial charge in [0.15, 0.2) is 12.1 Å². The maximum atomic E-state index is 12.8. The zero-order valence-electron chi connectivity index (χ0n) is 16.1. The van der Waals surface area contributed by atoms with Crippen LogP contribution in [0.15, 0.2) is 12.1 Å². The summed E-state index contributed by atoms with van der Waals surface area (Å²) in [6.45, 7) is 11.1. The van der Waals surface area contributed by atoms with Crippen LogP contribution < -0.4 is 0 Å². The highest BCUT2D eigenvalue weighted by atomic mass is 16.5. The van der Waals surface area contributed by atoms with Crippen molar-refractivity contribution in [2.75, 3.05) is 13.2 Å². The van der Waals surface area contributed by atoms with E-state index in [0.29, 0.717) is 0 Å². The highest BCUT2D eigenvalue weighted by molar-refractivity contribution is 5.85. The number of hydrogen-bond donors (Lipinski definition) is 0. The van der Waals surface area contributed by atoms with Crippen molar-refractivity contribution in [3.05, 3.63) is 34.9 Å². The van der Waals surface area contributed by atoms with Gasteiger partial charge < -0.3 is 9.47 Å². The molecule has 0 aliphatic rings. The Bertz CT molecular complexity index is 727. The molecule has 142 valence electrons. The maximum absolute atomic E-state index is 12.8. The molecule has 2 rings (SSSR count). The van der Waals surface area contributed by atoms with Gasteiger partial charge in [-0.2, -0.15) is 10.2 Å². The minimum absolute atomic E-state index is 0.196. The molecule has 0 saturated carbocycles. The van der Waals surface area contributed by atoms with Crippen LogP contribution in [0.3, 0.4) is 0 Å². The molecule has 8 heteroatoms. The third kappa shape index (κ3) is 3.95. The van der Waals surface area contributed by atoms with Crippen molar-refractivity contribution in [3.63, 3.8) is 0 Å². The molecule has 2 aromatic heterocycles. The predicted octanol–water partition coefficient (Wildman–Crippen LogP) is 2.22. The second-order valence-electron chi connectivity index (χ2n) is 6.14. The molecule has 0 aliphatic carbocycles. The lowest BCUT2D eigenvalue weighted by atomic mass is 10.1. The van der Waals surface area contributed by atoms with Gasteiger partial charge in [-0.05, 0) is 53.7 Å². The van der Waals surface area contributed by atoms with Crippen LogP contribution in [0, 0.1) is 27.7 Å². The lowest BCUT2D eigenvalue weighted by Gasteiger charge is -2.26. The molecular formula is C18H26N4O4. The van der Waals surface area contributed by atoms with Crippen LogP contribution >= 0.6 is 0 Å². The minimum atomic E-state index is -1.01. The van der Waals surface area contributed by atoms with Crippen molar-refractivity contribution in [2.24, 2.45) is 0 Å². The van der Waals surface area contributed by atoms with E-state index < -0.39 is 24.0 Å². The fourth-order valence-corrected chi connectivity index (χ4v) is 3.04. The van der Waals surface area contributed by atoms with Crippen molar-refractivity contribution < 1.29 is 19.1 Å². The second-order valence-corrected chi connectivity index (χ2v) is 6.14. The van der Waals surface area contributed by atoms with E-state index in [1.54, 1.807) is 13.8 Å². The predicted molar refractivity (Wildman–Crippen MR) is 94.7 cm³/mol. The number of rotatable bonds is 7. The van der Waals surface area contributed by atoms with Crippen molar-refractivity contribution in [3.8, 4) is 0 Å². The summed E-state index contributed by atoms with van der Waals surface area (Å²) in [4.78, 5) is 25.6. The minimum Gasteiger partial charge on any atom is -0.464 e. The van der Waals surface area contributed by atoms with Crippen LogP contribution in [-0.2, 0) is 19.1 Å². The molecule has 0 N–H and O–H groups in total. The van der Waals surface area contributed by atoms with Gasteiger partial charge in [-0.1, -0.05) is 0 Å². The molecule has 2 aromatic rings. The largest absolute Gasteiger partial charge is 0.464 e. The van der Waals surface area contributed by atoms with Crippen LogP contribution in [0.25, 0.3) is 0 Å². The van der Waals surface area contributed by atoms with Crippen LogP contribution in [0.1, 0.15) is 48.7 Å². The average Bonchev–Trinajstić information content (AvgIpc) is 3.05. The molecule has 0 aromatic carbocycles. The van der Waals surface area contributed by atoms with E-state index in [9.17, 15) is 9.59 Å². The SMILES string of the molecule is CCOC(=O)C(C(C(=O)OCC)n1nc(C)cc1C)n1nc(C)cc1C. The first-order chi connectivity index (χ1) is 12.3. The topological polar surface area (TPSA) is 88.2 Å². The lowest BCUT2D eigenvalue weighted by Crippen LogP contribution is -2.38. The number of esters is 2. The lowest BCUT2D eigenvalue weighted by molar-refractivity contribution is -0.159. The molecule has 0 bridgehead atoms. The molecule has 2 atom stereocenters. The standard InChI is InChI=1S/C18H26N4O4/c1-7-25-17(23)15(21-13(5)9-11(3)19-21)16(18(24)26-8-2)22-14(6)10-12(4)20-22/h9-10,15-16H,7-8H2,1-6H3. The summed E-state index contributed by atoms with van der Waals surface area (Å²) in [6.07, 6.45) is 0. The van der Waals surface area contributed by atoms with E-state index >= 15 is 0 Å². The highest BCUT2D eigenvalue weighted by Gasteiger charge is 2.41. The molecule has 8 nitrogen and oxygen atoms in total. The van der Waals surface area contributed by atoms with Gasteiger partial charge in [-0.15, -0.1) is 0 Å². The molecule has 0 fully saturated rings. The number of aryl methyl sites for hydroxylation is 4. The summed E-state index contributed by atoms with van der Waals surface area (Å²) in [5.74, 6) is -1.10. The normalized spacial score (nSPS) is 13.3. The Balaban J connectivity index is 2.64. The van der Waals surface area contributed by atoms with Gasteiger partial charge in [0.05, 0.1) is 24.6 Å². The van der Waals surface area contributed by atoms with Gasteiger partial charge in [0, 0.05) is 11.4 Å². The van der Waals surface area contributed by atoms with Gasteiger partial charge in [0.1, 0.15) is 0 Å². The number of nitrogens with zero attached hydrogens (tertiary/aromatic N) is 4. The number of carbonyl (C=O) groups excluding carboxylic acids is 2. The highest BCUT2D eigenvalue weighted by Crippen LogP contribution is 2.29. The number of ether oxygens (including phenoxy) is 2. The molecule has 0 aliphatic heterocycles. The van der Waals surface area contributed by atoms with Crippen molar-refractivity contribution >= 4 is 11.9 Å². The summed E-state index contributed by atoms with van der Waals surface area (Å²) in [6, 6.07) is 1.66. The molecule has 0 radical (unpaired) electrons. The maximum Gasteiger partial charge on any atom is 0.333 e. The summed E-state index contributed by atoms with van der Waals surface area (Å²) in [5.41, 5.74) is 2.98. The molecule has 0 saturated heterocycles. The Morgan fingerprint density at radius 2 is 1.19 bits per heavy atom. The molecule has 0 spiro atoms. The molecule has 0 amide bonds. The average molecular weight is 362 g/mol. The van der Waals surface area contributed by atoms with Crippen LogP contribution in [0.2, 0.25) is 0 Å². The quantitative estimate of drug-likeness (QED) is 0.702. The third-order valence-electron chi connectivity index (χ3n) is 3.97. The van der Waals surface area contributed by atoms with E-state index in [2.05, 4.69) is 10.2 Å². The first-order valence-electron chi connectivity index (χ1n) is 8.68. The molecule has 26 heavy (non-hydrogen) atoms. The van der Waals surface area contributed by atoms with Crippen LogP contribution in [-0.4, -0.2) is 44.7 Å². The Morgan fingerprint density at radius 1 is 0.846 bits per heavy atom. The second kappa shape index (κ2) is 8.16. The number of aromatic nitrogens is 4. The zero-order valence-corrected chi connectivity index (χ0v) is 16.1. The zero-order chi connectivity index (χ0) is 19.4. The number of carbonyl (C=O) groups is 2. The Kier molecular flexibility index (Phi) is 6.18.